The molecule has 0 unspecified atom stereocenters. The highest BCUT2D eigenvalue weighted by Crippen LogP contribution is 2.18. The summed E-state index contributed by atoms with van der Waals surface area (Å²) in [5.41, 5.74) is 0.365. The lowest BCUT2D eigenvalue weighted by molar-refractivity contribution is -0.387. The minimum Gasteiger partial charge on any atom is -0.358 e. The van der Waals surface area contributed by atoms with Gasteiger partial charge in [-0.2, -0.15) is 0 Å². The lowest BCUT2D eigenvalue weighted by Crippen LogP contribution is -1.87. The summed E-state index contributed by atoms with van der Waals surface area (Å²) in [5, 5.41) is 16.8. The van der Waals surface area contributed by atoms with E-state index in [2.05, 4.69) is 15.2 Å². The molecule has 6 nitrogen and oxygen atoms in total. The van der Waals surface area contributed by atoms with Crippen molar-refractivity contribution in [2.24, 2.45) is 0 Å². The molecule has 0 fully saturated rings. The Hall–Kier alpha value is -1.98. The third-order valence-electron chi connectivity index (χ3n) is 1.49. The predicted molar refractivity (Wildman–Crippen MR) is 40.5 cm³/mol. The van der Waals surface area contributed by atoms with Crippen molar-refractivity contribution in [1.82, 2.24) is 15.2 Å². The molecule has 0 saturated heterocycles. The second-order valence-electron chi connectivity index (χ2n) is 2.20. The normalized spacial score (nSPS) is 10.3. The SMILES string of the molecule is O=[N+]([O-])c1[nH]nc2ncccc12. The van der Waals surface area contributed by atoms with E-state index in [1.54, 1.807) is 12.1 Å². The molecular formula is C6H4N4O2. The second-order valence-corrected chi connectivity index (χ2v) is 2.20. The Kier molecular flexibility index (Phi) is 1.26. The van der Waals surface area contributed by atoms with Crippen LogP contribution in [0.15, 0.2) is 18.3 Å². The van der Waals surface area contributed by atoms with E-state index in [0.717, 1.165) is 0 Å². The van der Waals surface area contributed by atoms with Crippen LogP contribution in [0.25, 0.3) is 11.0 Å². The Morgan fingerprint density at radius 3 is 3.17 bits per heavy atom. The van der Waals surface area contributed by atoms with E-state index in [4.69, 9.17) is 0 Å². The Balaban J connectivity index is 2.79. The molecule has 0 aromatic carbocycles. The van der Waals surface area contributed by atoms with Gasteiger partial charge in [-0.25, -0.2) is 4.98 Å². The third-order valence-corrected chi connectivity index (χ3v) is 1.49. The van der Waals surface area contributed by atoms with Gasteiger partial charge in [-0.15, -0.1) is 5.10 Å². The van der Waals surface area contributed by atoms with E-state index in [9.17, 15) is 10.1 Å². The Morgan fingerprint density at radius 1 is 1.58 bits per heavy atom. The summed E-state index contributed by atoms with van der Waals surface area (Å²) >= 11 is 0. The number of nitro groups is 1. The van der Waals surface area contributed by atoms with E-state index in [-0.39, 0.29) is 5.82 Å². The molecule has 0 aliphatic carbocycles. The van der Waals surface area contributed by atoms with Crippen LogP contribution in [-0.4, -0.2) is 20.1 Å². The van der Waals surface area contributed by atoms with Crippen LogP contribution in [0.3, 0.4) is 0 Å². The molecule has 12 heavy (non-hydrogen) atoms. The summed E-state index contributed by atoms with van der Waals surface area (Å²) in [6, 6.07) is 3.23. The van der Waals surface area contributed by atoms with Gasteiger partial charge in [-0.1, -0.05) is 5.10 Å². The number of hydrogen-bond acceptors (Lipinski definition) is 4. The maximum Gasteiger partial charge on any atom is 0.352 e. The summed E-state index contributed by atoms with van der Waals surface area (Å²) in [6.45, 7) is 0. The number of rotatable bonds is 1. The van der Waals surface area contributed by atoms with E-state index in [1.165, 1.54) is 6.20 Å². The van der Waals surface area contributed by atoms with Crippen molar-refractivity contribution >= 4 is 16.9 Å². The Morgan fingerprint density at radius 2 is 2.42 bits per heavy atom. The van der Waals surface area contributed by atoms with E-state index in [1.807, 2.05) is 0 Å². The fourth-order valence-electron chi connectivity index (χ4n) is 0.976. The molecule has 2 heterocycles. The average molecular weight is 164 g/mol. The van der Waals surface area contributed by atoms with Crippen LogP contribution in [0.4, 0.5) is 5.82 Å². The maximum atomic E-state index is 10.4. The standard InChI is InChI=1S/C6H4N4O2/c11-10(12)6-4-2-1-3-7-5(4)8-9-6/h1-3H,(H,7,8,9). The number of H-pyrrole nitrogens is 1. The summed E-state index contributed by atoms with van der Waals surface area (Å²) in [6.07, 6.45) is 1.53. The molecule has 60 valence electrons. The smallest absolute Gasteiger partial charge is 0.352 e. The molecule has 6 heteroatoms. The van der Waals surface area contributed by atoms with Gasteiger partial charge < -0.3 is 10.1 Å². The molecule has 0 bridgehead atoms. The summed E-state index contributed by atoms with van der Waals surface area (Å²) in [5.74, 6) is -0.113. The van der Waals surface area contributed by atoms with Crippen molar-refractivity contribution in [3.8, 4) is 0 Å². The highest BCUT2D eigenvalue weighted by molar-refractivity contribution is 5.82. The summed E-state index contributed by atoms with van der Waals surface area (Å²) in [7, 11) is 0. The molecule has 0 aliphatic heterocycles. The van der Waals surface area contributed by atoms with Crippen LogP contribution in [0.1, 0.15) is 0 Å². The van der Waals surface area contributed by atoms with Gasteiger partial charge in [-0.05, 0) is 17.1 Å². The van der Waals surface area contributed by atoms with Gasteiger partial charge in [0.15, 0.2) is 0 Å². The monoisotopic (exact) mass is 164 g/mol. The average Bonchev–Trinajstić information content (AvgIpc) is 2.47. The molecule has 0 saturated carbocycles. The van der Waals surface area contributed by atoms with Crippen molar-refractivity contribution in [2.75, 3.05) is 0 Å². The molecule has 2 aromatic heterocycles. The predicted octanol–water partition coefficient (Wildman–Crippen LogP) is 0.866. The third kappa shape index (κ3) is 0.815. The number of pyridine rings is 1. The van der Waals surface area contributed by atoms with Gasteiger partial charge in [0.2, 0.25) is 5.65 Å². The van der Waals surface area contributed by atoms with Crippen LogP contribution in [0.5, 0.6) is 0 Å². The van der Waals surface area contributed by atoms with Gasteiger partial charge in [0.25, 0.3) is 0 Å². The van der Waals surface area contributed by atoms with Gasteiger partial charge in [-0.3, -0.25) is 0 Å². The number of fused-ring (bicyclic) bond motifs is 1. The fourth-order valence-corrected chi connectivity index (χ4v) is 0.976. The zero-order valence-electron chi connectivity index (χ0n) is 5.89. The van der Waals surface area contributed by atoms with Gasteiger partial charge in [0, 0.05) is 6.20 Å². The maximum absolute atomic E-state index is 10.4. The summed E-state index contributed by atoms with van der Waals surface area (Å²) in [4.78, 5) is 13.7. The molecule has 0 spiro atoms. The largest absolute Gasteiger partial charge is 0.358 e. The topological polar surface area (TPSA) is 84.7 Å². The van der Waals surface area contributed by atoms with Crippen LogP contribution in [-0.2, 0) is 0 Å². The number of aromatic nitrogens is 3. The van der Waals surface area contributed by atoms with Crippen molar-refractivity contribution in [3.05, 3.63) is 28.4 Å². The first-order chi connectivity index (χ1) is 5.79. The lowest BCUT2D eigenvalue weighted by Gasteiger charge is -1.87. The molecule has 0 atom stereocenters. The highest BCUT2D eigenvalue weighted by atomic mass is 16.6. The minimum absolute atomic E-state index is 0.113. The van der Waals surface area contributed by atoms with E-state index >= 15 is 0 Å². The van der Waals surface area contributed by atoms with Gasteiger partial charge >= 0.3 is 5.82 Å². The molecule has 2 rings (SSSR count). The van der Waals surface area contributed by atoms with Crippen molar-refractivity contribution in [2.45, 2.75) is 0 Å². The van der Waals surface area contributed by atoms with Crippen LogP contribution in [0, 0.1) is 10.1 Å². The number of nitrogens with zero attached hydrogens (tertiary/aromatic N) is 3. The van der Waals surface area contributed by atoms with Crippen molar-refractivity contribution < 1.29 is 4.92 Å². The molecule has 0 amide bonds. The Labute approximate surface area is 66.4 Å². The quantitative estimate of drug-likeness (QED) is 0.500. The van der Waals surface area contributed by atoms with Crippen molar-refractivity contribution in [3.63, 3.8) is 0 Å². The lowest BCUT2D eigenvalue weighted by atomic mass is 10.3. The Bertz CT molecular complexity index is 436. The fraction of sp³-hybridized carbons (Fsp3) is 0. The number of aromatic amines is 1. The molecule has 0 aliphatic rings. The molecular weight excluding hydrogens is 160 g/mol. The molecule has 2 aromatic rings. The zero-order chi connectivity index (χ0) is 8.55. The second kappa shape index (κ2) is 2.26. The first kappa shape index (κ1) is 6.71. The van der Waals surface area contributed by atoms with Crippen LogP contribution >= 0.6 is 0 Å². The van der Waals surface area contributed by atoms with Crippen LogP contribution in [0.2, 0.25) is 0 Å². The van der Waals surface area contributed by atoms with Crippen LogP contribution < -0.4 is 0 Å². The molecule has 0 radical (unpaired) electrons. The van der Waals surface area contributed by atoms with Gasteiger partial charge in [0.05, 0.1) is 0 Å². The number of hydrogen-bond donors (Lipinski definition) is 1. The highest BCUT2D eigenvalue weighted by Gasteiger charge is 2.13. The first-order valence-electron chi connectivity index (χ1n) is 3.22. The van der Waals surface area contributed by atoms with E-state index < -0.39 is 4.92 Å². The zero-order valence-corrected chi connectivity index (χ0v) is 5.89. The van der Waals surface area contributed by atoms with E-state index in [0.29, 0.717) is 11.0 Å². The minimum atomic E-state index is -0.517. The number of nitrogens with one attached hydrogen (secondary N) is 1. The van der Waals surface area contributed by atoms with Gasteiger partial charge in [0.1, 0.15) is 5.39 Å². The summed E-state index contributed by atoms with van der Waals surface area (Å²) < 4.78 is 0. The first-order valence-corrected chi connectivity index (χ1v) is 3.22. The molecule has 1 N–H and O–H groups in total. The van der Waals surface area contributed by atoms with Crippen molar-refractivity contribution in [1.29, 1.82) is 0 Å².